The molecule has 2 aromatic rings. The van der Waals surface area contributed by atoms with Gasteiger partial charge in [-0.2, -0.15) is 5.10 Å². The Morgan fingerprint density at radius 1 is 1.35 bits per heavy atom. The van der Waals surface area contributed by atoms with Crippen molar-refractivity contribution < 1.29 is 13.6 Å². The number of nitrogen functional groups attached to an aromatic ring is 1. The van der Waals surface area contributed by atoms with Crippen LogP contribution in [0.5, 0.6) is 0 Å². The first kappa shape index (κ1) is 14.0. The van der Waals surface area contributed by atoms with E-state index in [0.29, 0.717) is 12.1 Å². The predicted octanol–water partition coefficient (Wildman–Crippen LogP) is 2.10. The van der Waals surface area contributed by atoms with Crippen LogP contribution in [0.2, 0.25) is 0 Å². The van der Waals surface area contributed by atoms with Gasteiger partial charge in [-0.15, -0.1) is 0 Å². The number of nitrogens with zero attached hydrogens (tertiary/aromatic N) is 2. The minimum atomic E-state index is -0.771. The highest BCUT2D eigenvalue weighted by Gasteiger charge is 2.19. The summed E-state index contributed by atoms with van der Waals surface area (Å²) in [5.74, 6) is -2.11. The van der Waals surface area contributed by atoms with Crippen molar-refractivity contribution in [3.8, 4) is 0 Å². The molecule has 2 rings (SSSR count). The topological polar surface area (TPSA) is 72.9 Å². The summed E-state index contributed by atoms with van der Waals surface area (Å²) in [6.45, 7) is 1.86. The van der Waals surface area contributed by atoms with Gasteiger partial charge in [0.15, 0.2) is 0 Å². The van der Waals surface area contributed by atoms with Gasteiger partial charge in [-0.3, -0.25) is 9.48 Å². The molecule has 0 atom stereocenters. The minimum absolute atomic E-state index is 0.0196. The van der Waals surface area contributed by atoms with Crippen molar-refractivity contribution in [2.75, 3.05) is 11.1 Å². The first-order valence-electron chi connectivity index (χ1n) is 6.01. The van der Waals surface area contributed by atoms with Crippen molar-refractivity contribution in [1.29, 1.82) is 0 Å². The summed E-state index contributed by atoms with van der Waals surface area (Å²) in [5, 5.41) is 6.51. The first-order valence-corrected chi connectivity index (χ1v) is 6.01. The average molecular weight is 280 g/mol. The number of nitrogens with two attached hydrogens (primary N) is 1. The Morgan fingerprint density at radius 3 is 2.45 bits per heavy atom. The van der Waals surface area contributed by atoms with Gasteiger partial charge in [-0.25, -0.2) is 8.78 Å². The van der Waals surface area contributed by atoms with Gasteiger partial charge >= 0.3 is 0 Å². The summed E-state index contributed by atoms with van der Waals surface area (Å²) in [6.07, 6.45) is 0.585. The van der Waals surface area contributed by atoms with Gasteiger partial charge in [0.2, 0.25) is 0 Å². The summed E-state index contributed by atoms with van der Waals surface area (Å²) in [5.41, 5.74) is 6.88. The molecule has 0 fully saturated rings. The van der Waals surface area contributed by atoms with Gasteiger partial charge < -0.3 is 11.1 Å². The van der Waals surface area contributed by atoms with Crippen LogP contribution in [-0.4, -0.2) is 15.7 Å². The molecule has 0 spiro atoms. The molecule has 106 valence electrons. The lowest BCUT2D eigenvalue weighted by Gasteiger charge is -2.06. The Hall–Kier alpha value is -2.44. The Balaban J connectivity index is 2.30. The van der Waals surface area contributed by atoms with Gasteiger partial charge in [0, 0.05) is 18.8 Å². The molecule has 0 radical (unpaired) electrons. The molecule has 20 heavy (non-hydrogen) atoms. The molecule has 0 aliphatic carbocycles. The molecule has 3 N–H and O–H groups in total. The Morgan fingerprint density at radius 2 is 1.95 bits per heavy atom. The van der Waals surface area contributed by atoms with Crippen molar-refractivity contribution in [3.63, 3.8) is 0 Å². The van der Waals surface area contributed by atoms with E-state index in [-0.39, 0.29) is 17.1 Å². The van der Waals surface area contributed by atoms with Gasteiger partial charge in [0.25, 0.3) is 5.91 Å². The van der Waals surface area contributed by atoms with Crippen LogP contribution in [0.25, 0.3) is 0 Å². The number of amides is 1. The van der Waals surface area contributed by atoms with Gasteiger partial charge in [-0.1, -0.05) is 6.92 Å². The number of aryl methyl sites for hydroxylation is 2. The molecule has 0 unspecified atom stereocenters. The molecule has 0 saturated carbocycles. The number of anilines is 2. The lowest BCUT2D eigenvalue weighted by molar-refractivity contribution is 0.101. The fraction of sp³-hybridized carbons (Fsp3) is 0.231. The monoisotopic (exact) mass is 280 g/mol. The summed E-state index contributed by atoms with van der Waals surface area (Å²) in [7, 11) is 1.58. The number of hydrogen-bond donors (Lipinski definition) is 2. The molecule has 1 amide bonds. The van der Waals surface area contributed by atoms with E-state index in [4.69, 9.17) is 5.73 Å². The van der Waals surface area contributed by atoms with Crippen molar-refractivity contribution >= 4 is 17.3 Å². The standard InChI is InChI=1S/C13H14F2N4O/c1-3-10-11(16)12(19(2)18-10)13(20)17-9-5-7(14)4-8(15)6-9/h4-6H,3,16H2,1-2H3,(H,17,20). The SMILES string of the molecule is CCc1nn(C)c(C(=O)Nc2cc(F)cc(F)c2)c1N. The third-order valence-corrected chi connectivity index (χ3v) is 2.83. The second-order valence-corrected chi connectivity index (χ2v) is 4.30. The quantitative estimate of drug-likeness (QED) is 0.904. The maximum Gasteiger partial charge on any atom is 0.276 e. The molecule has 1 aromatic heterocycles. The van der Waals surface area contributed by atoms with E-state index in [1.807, 2.05) is 6.92 Å². The largest absolute Gasteiger partial charge is 0.395 e. The van der Waals surface area contributed by atoms with Crippen molar-refractivity contribution in [2.24, 2.45) is 7.05 Å². The van der Waals surface area contributed by atoms with E-state index < -0.39 is 17.5 Å². The summed E-state index contributed by atoms with van der Waals surface area (Å²) >= 11 is 0. The van der Waals surface area contributed by atoms with Crippen molar-refractivity contribution in [2.45, 2.75) is 13.3 Å². The zero-order valence-electron chi connectivity index (χ0n) is 11.1. The van der Waals surface area contributed by atoms with Crippen LogP contribution in [0.4, 0.5) is 20.2 Å². The van der Waals surface area contributed by atoms with Crippen LogP contribution >= 0.6 is 0 Å². The molecule has 5 nitrogen and oxygen atoms in total. The highest BCUT2D eigenvalue weighted by Crippen LogP contribution is 2.19. The van der Waals surface area contributed by atoms with Crippen LogP contribution in [0.15, 0.2) is 18.2 Å². The van der Waals surface area contributed by atoms with Crippen molar-refractivity contribution in [1.82, 2.24) is 9.78 Å². The maximum atomic E-state index is 13.1. The molecule has 0 aliphatic heterocycles. The van der Waals surface area contributed by atoms with E-state index in [9.17, 15) is 13.6 Å². The average Bonchev–Trinajstić information content (AvgIpc) is 2.62. The van der Waals surface area contributed by atoms with Crippen LogP contribution < -0.4 is 11.1 Å². The third-order valence-electron chi connectivity index (χ3n) is 2.83. The zero-order valence-corrected chi connectivity index (χ0v) is 11.1. The van der Waals surface area contributed by atoms with Gasteiger partial charge in [0.1, 0.15) is 17.3 Å². The highest BCUT2D eigenvalue weighted by molar-refractivity contribution is 6.06. The van der Waals surface area contributed by atoms with E-state index in [2.05, 4.69) is 10.4 Å². The molecule has 0 saturated heterocycles. The molecular weight excluding hydrogens is 266 g/mol. The molecular formula is C13H14F2N4O. The third kappa shape index (κ3) is 2.61. The Bertz CT molecular complexity index is 646. The minimum Gasteiger partial charge on any atom is -0.395 e. The number of hydrogen-bond acceptors (Lipinski definition) is 3. The maximum absolute atomic E-state index is 13.1. The normalized spacial score (nSPS) is 10.6. The predicted molar refractivity (Wildman–Crippen MR) is 71.3 cm³/mol. The number of carbonyl (C=O) groups excluding carboxylic acids is 1. The lowest BCUT2D eigenvalue weighted by Crippen LogP contribution is -2.17. The Kier molecular flexibility index (Phi) is 3.69. The number of rotatable bonds is 3. The number of benzene rings is 1. The van der Waals surface area contributed by atoms with Crippen LogP contribution in [-0.2, 0) is 13.5 Å². The van der Waals surface area contributed by atoms with Crippen LogP contribution in [0.1, 0.15) is 23.1 Å². The summed E-state index contributed by atoms with van der Waals surface area (Å²) in [6, 6.07) is 2.77. The van der Waals surface area contributed by atoms with E-state index in [1.165, 1.54) is 4.68 Å². The molecule has 1 heterocycles. The number of carbonyl (C=O) groups is 1. The molecule has 1 aromatic carbocycles. The second-order valence-electron chi connectivity index (χ2n) is 4.30. The van der Waals surface area contributed by atoms with Gasteiger partial charge in [-0.05, 0) is 18.6 Å². The number of aromatic nitrogens is 2. The second kappa shape index (κ2) is 5.28. The Labute approximate surface area is 114 Å². The molecule has 0 bridgehead atoms. The van der Waals surface area contributed by atoms with E-state index in [1.54, 1.807) is 7.05 Å². The van der Waals surface area contributed by atoms with Crippen LogP contribution in [0, 0.1) is 11.6 Å². The van der Waals surface area contributed by atoms with E-state index >= 15 is 0 Å². The number of nitrogens with one attached hydrogen (secondary N) is 1. The number of halogens is 2. The van der Waals surface area contributed by atoms with Gasteiger partial charge in [0.05, 0.1) is 11.4 Å². The summed E-state index contributed by atoms with van der Waals surface area (Å²) < 4.78 is 27.5. The first-order chi connectivity index (χ1) is 9.42. The lowest BCUT2D eigenvalue weighted by atomic mass is 10.2. The van der Waals surface area contributed by atoms with Crippen molar-refractivity contribution in [3.05, 3.63) is 41.2 Å². The highest BCUT2D eigenvalue weighted by atomic mass is 19.1. The molecule has 0 aliphatic rings. The fourth-order valence-electron chi connectivity index (χ4n) is 1.94. The molecule has 7 heteroatoms. The summed E-state index contributed by atoms with van der Waals surface area (Å²) in [4.78, 5) is 12.1. The zero-order chi connectivity index (χ0) is 14.9. The van der Waals surface area contributed by atoms with Crippen LogP contribution in [0.3, 0.4) is 0 Å². The van der Waals surface area contributed by atoms with E-state index in [0.717, 1.165) is 18.2 Å². The smallest absolute Gasteiger partial charge is 0.276 e. The fourth-order valence-corrected chi connectivity index (χ4v) is 1.94.